The molecule has 1 N–H and O–H groups in total. The molecule has 8 heteroatoms. The molecule has 1 amide bonds. The number of hydrogen-bond acceptors (Lipinski definition) is 5. The number of carbonyl (C=O) groups excluding carboxylic acids is 1. The molecule has 1 aromatic heterocycles. The molecule has 1 aliphatic rings. The molecule has 0 aliphatic carbocycles. The molecule has 1 fully saturated rings. The second-order valence-electron chi connectivity index (χ2n) is 8.04. The first kappa shape index (κ1) is 22.8. The van der Waals surface area contributed by atoms with Crippen LogP contribution in [0.15, 0.2) is 59.8 Å². The van der Waals surface area contributed by atoms with E-state index >= 15 is 0 Å². The first-order chi connectivity index (χ1) is 15.6. The minimum absolute atomic E-state index is 0.0438. The molecule has 4 rings (SSSR count). The lowest BCUT2D eigenvalue weighted by atomic mass is 10.1. The monoisotopic (exact) mass is 469 g/mol. The number of aromatic nitrogens is 3. The number of piperidine rings is 1. The largest absolute Gasteiger partial charge is 0.349 e. The van der Waals surface area contributed by atoms with Crippen LogP contribution in [0.2, 0.25) is 5.02 Å². The molecule has 168 valence electrons. The predicted molar refractivity (Wildman–Crippen MR) is 129 cm³/mol. The van der Waals surface area contributed by atoms with Gasteiger partial charge in [-0.2, -0.15) is 0 Å². The molecule has 1 unspecified atom stereocenters. The highest BCUT2D eigenvalue weighted by Crippen LogP contribution is 2.24. The Labute approximate surface area is 198 Å². The highest BCUT2D eigenvalue weighted by molar-refractivity contribution is 7.99. The first-order valence-electron chi connectivity index (χ1n) is 11.0. The Balaban J connectivity index is 1.44. The van der Waals surface area contributed by atoms with E-state index in [-0.39, 0.29) is 17.7 Å². The van der Waals surface area contributed by atoms with Crippen LogP contribution in [-0.2, 0) is 11.3 Å². The first-order valence-corrected chi connectivity index (χ1v) is 12.4. The lowest BCUT2D eigenvalue weighted by molar-refractivity contribution is -0.119. The Bertz CT molecular complexity index is 1020. The van der Waals surface area contributed by atoms with Crippen molar-refractivity contribution in [2.45, 2.75) is 43.9 Å². The van der Waals surface area contributed by atoms with Crippen molar-refractivity contribution in [3.8, 4) is 5.69 Å². The van der Waals surface area contributed by atoms with Gasteiger partial charge in [0.05, 0.1) is 18.3 Å². The summed E-state index contributed by atoms with van der Waals surface area (Å²) in [4.78, 5) is 15.0. The van der Waals surface area contributed by atoms with E-state index in [2.05, 4.69) is 37.1 Å². The molecule has 0 radical (unpaired) electrons. The average molecular weight is 470 g/mol. The topological polar surface area (TPSA) is 63.1 Å². The fraction of sp³-hybridized carbons (Fsp3) is 0.375. The Kier molecular flexibility index (Phi) is 7.84. The Hall–Kier alpha value is -2.35. The highest BCUT2D eigenvalue weighted by atomic mass is 35.5. The molecule has 1 atom stereocenters. The summed E-state index contributed by atoms with van der Waals surface area (Å²) in [5, 5.41) is 13.4. The number of thioether (sulfide) groups is 1. The molecule has 1 aliphatic heterocycles. The van der Waals surface area contributed by atoms with Crippen molar-refractivity contribution in [3.63, 3.8) is 0 Å². The van der Waals surface area contributed by atoms with Crippen molar-refractivity contribution < 1.29 is 4.79 Å². The summed E-state index contributed by atoms with van der Waals surface area (Å²) in [6.45, 7) is 4.92. The van der Waals surface area contributed by atoms with Crippen molar-refractivity contribution in [1.29, 1.82) is 0 Å². The second kappa shape index (κ2) is 11.0. The quantitative estimate of drug-likeness (QED) is 0.476. The summed E-state index contributed by atoms with van der Waals surface area (Å²) in [7, 11) is 0. The zero-order valence-corrected chi connectivity index (χ0v) is 19.8. The number of likely N-dealkylation sites (tertiary alicyclic amines) is 1. The predicted octanol–water partition coefficient (Wildman–Crippen LogP) is 4.88. The van der Waals surface area contributed by atoms with Crippen LogP contribution in [0.4, 0.5) is 0 Å². The third-order valence-electron chi connectivity index (χ3n) is 5.61. The van der Waals surface area contributed by atoms with E-state index in [1.807, 2.05) is 49.4 Å². The van der Waals surface area contributed by atoms with Gasteiger partial charge in [0, 0.05) is 10.7 Å². The van der Waals surface area contributed by atoms with Gasteiger partial charge in [-0.1, -0.05) is 60.1 Å². The molecule has 1 saturated heterocycles. The van der Waals surface area contributed by atoms with Gasteiger partial charge in [0.25, 0.3) is 0 Å². The fourth-order valence-electron chi connectivity index (χ4n) is 3.90. The number of nitrogens with one attached hydrogen (secondary N) is 1. The number of hydrogen-bond donors (Lipinski definition) is 1. The third-order valence-corrected chi connectivity index (χ3v) is 6.79. The highest BCUT2D eigenvalue weighted by Gasteiger charge is 2.20. The van der Waals surface area contributed by atoms with Crippen LogP contribution < -0.4 is 5.32 Å². The third kappa shape index (κ3) is 5.91. The minimum Gasteiger partial charge on any atom is -0.349 e. The van der Waals surface area contributed by atoms with E-state index in [9.17, 15) is 4.79 Å². The number of benzene rings is 2. The maximum atomic E-state index is 12.6. The number of nitrogens with zero attached hydrogens (tertiary/aromatic N) is 4. The molecular formula is C24H28ClN5OS. The van der Waals surface area contributed by atoms with E-state index in [0.29, 0.717) is 5.02 Å². The van der Waals surface area contributed by atoms with Crippen molar-refractivity contribution in [2.24, 2.45) is 0 Å². The van der Waals surface area contributed by atoms with Gasteiger partial charge >= 0.3 is 0 Å². The molecular weight excluding hydrogens is 442 g/mol. The number of para-hydroxylation sites is 1. The smallest absolute Gasteiger partial charge is 0.230 e. The van der Waals surface area contributed by atoms with Crippen LogP contribution in [0.5, 0.6) is 0 Å². The molecule has 6 nitrogen and oxygen atoms in total. The van der Waals surface area contributed by atoms with Gasteiger partial charge < -0.3 is 5.32 Å². The minimum atomic E-state index is -0.0953. The van der Waals surface area contributed by atoms with E-state index in [1.165, 1.54) is 31.0 Å². The Morgan fingerprint density at radius 3 is 2.50 bits per heavy atom. The van der Waals surface area contributed by atoms with E-state index in [0.717, 1.165) is 41.9 Å². The summed E-state index contributed by atoms with van der Waals surface area (Å²) in [5.41, 5.74) is 2.03. The maximum Gasteiger partial charge on any atom is 0.230 e. The Morgan fingerprint density at radius 1 is 1.06 bits per heavy atom. The van der Waals surface area contributed by atoms with Gasteiger partial charge in [0.15, 0.2) is 11.0 Å². The molecule has 0 bridgehead atoms. The molecule has 3 aromatic rings. The van der Waals surface area contributed by atoms with Crippen LogP contribution in [-0.4, -0.2) is 44.4 Å². The van der Waals surface area contributed by atoms with E-state index < -0.39 is 0 Å². The van der Waals surface area contributed by atoms with Gasteiger partial charge in [0.1, 0.15) is 0 Å². The summed E-state index contributed by atoms with van der Waals surface area (Å²) in [5.74, 6) is 1.14. The Morgan fingerprint density at radius 2 is 1.78 bits per heavy atom. The van der Waals surface area contributed by atoms with Crippen LogP contribution in [0.25, 0.3) is 5.69 Å². The van der Waals surface area contributed by atoms with Crippen LogP contribution in [0, 0.1) is 0 Å². The lowest BCUT2D eigenvalue weighted by Crippen LogP contribution is -2.30. The van der Waals surface area contributed by atoms with Gasteiger partial charge in [-0.3, -0.25) is 14.3 Å². The molecule has 32 heavy (non-hydrogen) atoms. The van der Waals surface area contributed by atoms with Gasteiger partial charge in [-0.25, -0.2) is 0 Å². The molecule has 2 heterocycles. The summed E-state index contributed by atoms with van der Waals surface area (Å²) >= 11 is 7.37. The molecule has 2 aromatic carbocycles. The van der Waals surface area contributed by atoms with E-state index in [1.54, 1.807) is 0 Å². The number of rotatable bonds is 8. The normalized spacial score (nSPS) is 15.4. The summed E-state index contributed by atoms with van der Waals surface area (Å²) in [6.07, 6.45) is 3.76. The van der Waals surface area contributed by atoms with Crippen molar-refractivity contribution in [3.05, 3.63) is 71.0 Å². The van der Waals surface area contributed by atoms with Crippen molar-refractivity contribution in [2.75, 3.05) is 18.8 Å². The van der Waals surface area contributed by atoms with E-state index in [4.69, 9.17) is 11.6 Å². The van der Waals surface area contributed by atoms with Gasteiger partial charge in [0.2, 0.25) is 5.91 Å². The fourth-order valence-corrected chi connectivity index (χ4v) is 4.81. The van der Waals surface area contributed by atoms with Crippen LogP contribution in [0.1, 0.15) is 43.6 Å². The SMILES string of the molecule is CC(NC(=O)CSc1nnc(CN2CCCCC2)n1-c1ccccc1)c1ccc(Cl)cc1. The number of carbonyl (C=O) groups is 1. The van der Waals surface area contributed by atoms with Gasteiger partial charge in [-0.15, -0.1) is 10.2 Å². The summed E-state index contributed by atoms with van der Waals surface area (Å²) < 4.78 is 2.08. The van der Waals surface area contributed by atoms with Crippen LogP contribution in [0.3, 0.4) is 0 Å². The van der Waals surface area contributed by atoms with Crippen molar-refractivity contribution in [1.82, 2.24) is 25.0 Å². The average Bonchev–Trinajstić information content (AvgIpc) is 3.21. The number of halogens is 1. The van der Waals surface area contributed by atoms with Gasteiger partial charge in [-0.05, 0) is 62.7 Å². The summed E-state index contributed by atoms with van der Waals surface area (Å²) in [6, 6.07) is 17.5. The van der Waals surface area contributed by atoms with Crippen LogP contribution >= 0.6 is 23.4 Å². The standard InChI is InChI=1S/C24H28ClN5OS/c1-18(19-10-12-20(25)13-11-19)26-23(31)17-32-24-28-27-22(16-29-14-6-3-7-15-29)30(24)21-8-4-2-5-9-21/h2,4-5,8-13,18H,3,6-7,14-17H2,1H3,(H,26,31). The number of amides is 1. The maximum absolute atomic E-state index is 12.6. The molecule has 0 spiro atoms. The zero-order valence-electron chi connectivity index (χ0n) is 18.2. The van der Waals surface area contributed by atoms with Crippen molar-refractivity contribution >= 4 is 29.3 Å². The second-order valence-corrected chi connectivity index (χ2v) is 9.41. The zero-order chi connectivity index (χ0) is 22.3. The lowest BCUT2D eigenvalue weighted by Gasteiger charge is -2.26. The molecule has 0 saturated carbocycles.